The number of nitrogens with zero attached hydrogens (tertiary/aromatic N) is 1. The predicted octanol–water partition coefficient (Wildman–Crippen LogP) is 5.49. The maximum absolute atomic E-state index is 13.4. The van der Waals surface area contributed by atoms with Crippen molar-refractivity contribution >= 4 is 34.9 Å². The summed E-state index contributed by atoms with van der Waals surface area (Å²) in [5.74, 6) is -1.17. The van der Waals surface area contributed by atoms with Gasteiger partial charge < -0.3 is 30.2 Å². The average molecular weight is 527 g/mol. The predicted molar refractivity (Wildman–Crippen MR) is 119 cm³/mol. The molecule has 1 aromatic heterocycles. The van der Waals surface area contributed by atoms with Gasteiger partial charge in [-0.25, -0.2) is 4.79 Å². The molecule has 0 saturated heterocycles. The second-order valence-electron chi connectivity index (χ2n) is 7.18. The van der Waals surface area contributed by atoms with Crippen molar-refractivity contribution in [2.24, 2.45) is 0 Å². The number of rotatable bonds is 5. The van der Waals surface area contributed by atoms with Gasteiger partial charge in [-0.05, 0) is 36.4 Å². The van der Waals surface area contributed by atoms with Gasteiger partial charge in [-0.15, -0.1) is 0 Å². The van der Waals surface area contributed by atoms with Gasteiger partial charge in [0.25, 0.3) is 5.91 Å². The first-order chi connectivity index (χ1) is 17.0. The molecule has 0 unspecified atom stereocenters. The minimum atomic E-state index is -4.89. The monoisotopic (exact) mass is 526 g/mol. The van der Waals surface area contributed by atoms with Gasteiger partial charge in [0, 0.05) is 36.8 Å². The number of benzene rings is 2. The van der Waals surface area contributed by atoms with Crippen LogP contribution in [0.2, 0.25) is 5.02 Å². The zero-order valence-electron chi connectivity index (χ0n) is 18.1. The van der Waals surface area contributed by atoms with Crippen LogP contribution in [0, 0.1) is 0 Å². The number of carbonyl (C=O) groups is 2. The van der Waals surface area contributed by atoms with Gasteiger partial charge in [0.1, 0.15) is 17.2 Å². The van der Waals surface area contributed by atoms with E-state index in [4.69, 9.17) is 16.3 Å². The van der Waals surface area contributed by atoms with E-state index >= 15 is 0 Å². The second kappa shape index (κ2) is 9.41. The van der Waals surface area contributed by atoms with Crippen molar-refractivity contribution in [3.63, 3.8) is 0 Å². The van der Waals surface area contributed by atoms with Crippen molar-refractivity contribution < 1.29 is 41.4 Å². The molecule has 0 spiro atoms. The highest BCUT2D eigenvalue weighted by molar-refractivity contribution is 6.32. The number of hydrogen-bond donors (Lipinski definition) is 3. The Labute approximate surface area is 205 Å². The molecule has 1 aliphatic rings. The number of carbonyl (C=O) groups excluding carboxylic acids is 2. The quantitative estimate of drug-likeness (QED) is 0.379. The molecule has 14 heteroatoms. The normalized spacial score (nSPS) is 14.9. The first kappa shape index (κ1) is 24.9. The van der Waals surface area contributed by atoms with E-state index < -0.39 is 35.7 Å². The molecule has 2 aromatic carbocycles. The molecular formula is C22H15ClF4N4O5. The molecular weight excluding hydrogens is 512 g/mol. The van der Waals surface area contributed by atoms with Gasteiger partial charge in [-0.2, -0.15) is 17.6 Å². The number of alkyl halides is 4. The zero-order valence-corrected chi connectivity index (χ0v) is 18.8. The Morgan fingerprint density at radius 2 is 1.56 bits per heavy atom. The van der Waals surface area contributed by atoms with E-state index in [0.717, 1.165) is 18.2 Å². The molecule has 0 atom stereocenters. The topological polar surface area (TPSA) is 111 Å². The fourth-order valence-electron chi connectivity index (χ4n) is 2.95. The van der Waals surface area contributed by atoms with Crippen molar-refractivity contribution in [1.29, 1.82) is 0 Å². The van der Waals surface area contributed by atoms with Gasteiger partial charge >= 0.3 is 18.2 Å². The van der Waals surface area contributed by atoms with Crippen LogP contribution < -0.4 is 30.2 Å². The van der Waals surface area contributed by atoms with Crippen LogP contribution in [0.1, 0.15) is 10.5 Å². The van der Waals surface area contributed by atoms with Gasteiger partial charge in [0.2, 0.25) is 0 Å². The average Bonchev–Trinajstić information content (AvgIpc) is 2.81. The number of nitrogens with one attached hydrogen (secondary N) is 3. The lowest BCUT2D eigenvalue weighted by atomic mass is 10.2. The van der Waals surface area contributed by atoms with Gasteiger partial charge in [0.15, 0.2) is 11.5 Å². The Morgan fingerprint density at radius 1 is 0.917 bits per heavy atom. The van der Waals surface area contributed by atoms with Crippen LogP contribution in [0.15, 0.2) is 54.7 Å². The molecule has 3 aromatic rings. The van der Waals surface area contributed by atoms with E-state index in [2.05, 4.69) is 30.4 Å². The van der Waals surface area contributed by atoms with E-state index in [1.54, 1.807) is 0 Å². The summed E-state index contributed by atoms with van der Waals surface area (Å²) in [6, 6.07) is 9.47. The zero-order chi connectivity index (χ0) is 26.1. The number of hydrogen-bond acceptors (Lipinski definition) is 6. The number of halogens is 5. The number of aromatic nitrogens is 1. The van der Waals surface area contributed by atoms with Gasteiger partial charge in [0.05, 0.1) is 5.02 Å². The van der Waals surface area contributed by atoms with E-state index in [1.807, 2.05) is 0 Å². The van der Waals surface area contributed by atoms with Crippen LogP contribution in [0.25, 0.3) is 0 Å². The number of amides is 3. The lowest BCUT2D eigenvalue weighted by Crippen LogP contribution is -2.52. The van der Waals surface area contributed by atoms with E-state index in [0.29, 0.717) is 5.75 Å². The minimum Gasteiger partial charge on any atom is -0.456 e. The molecule has 3 amide bonds. The molecule has 1 aliphatic heterocycles. The van der Waals surface area contributed by atoms with E-state index in [-0.39, 0.29) is 27.8 Å². The third-order valence-corrected chi connectivity index (χ3v) is 4.92. The molecule has 0 bridgehead atoms. The van der Waals surface area contributed by atoms with Crippen LogP contribution in [-0.2, 0) is 0 Å². The number of urea groups is 1. The first-order valence-corrected chi connectivity index (χ1v) is 10.4. The second-order valence-corrected chi connectivity index (χ2v) is 7.59. The van der Waals surface area contributed by atoms with Crippen molar-refractivity contribution in [2.75, 3.05) is 17.7 Å². The fraction of sp³-hybridized carbons (Fsp3) is 0.136. The van der Waals surface area contributed by atoms with Crippen LogP contribution in [0.3, 0.4) is 0 Å². The number of fused-ring (bicyclic) bond motifs is 1. The van der Waals surface area contributed by atoms with Crippen molar-refractivity contribution in [3.8, 4) is 23.0 Å². The van der Waals surface area contributed by atoms with E-state index in [1.165, 1.54) is 43.6 Å². The number of ether oxygens (including phenoxy) is 3. The maximum Gasteiger partial charge on any atom is 0.507 e. The Hall–Kier alpha value is -4.26. The molecule has 0 aliphatic carbocycles. The molecule has 188 valence electrons. The summed E-state index contributed by atoms with van der Waals surface area (Å²) in [5, 5.41) is 7.38. The molecule has 0 radical (unpaired) electrons. The van der Waals surface area contributed by atoms with Crippen molar-refractivity contribution in [1.82, 2.24) is 10.3 Å². The standard InChI is InChI=1S/C22H15ClF4N4O5/c1-28-19(32)15-10-13(6-7-29-15)34-16-4-2-11(8-14(16)23)30-20(33)31-12-3-5-17-18(9-12)36-22(26,27)21(24,25)35-17/h2-10H,1H3,(H,28,32)(H2,30,31,33). The Morgan fingerprint density at radius 3 is 2.22 bits per heavy atom. The molecule has 9 nitrogen and oxygen atoms in total. The van der Waals surface area contributed by atoms with Gasteiger partial charge in [-0.1, -0.05) is 11.6 Å². The van der Waals surface area contributed by atoms with Crippen LogP contribution in [-0.4, -0.2) is 36.2 Å². The Balaban J connectivity index is 1.41. The Bertz CT molecular complexity index is 1340. The summed E-state index contributed by atoms with van der Waals surface area (Å²) in [6.07, 6.45) is -8.34. The third-order valence-electron chi connectivity index (χ3n) is 4.63. The van der Waals surface area contributed by atoms with Crippen molar-refractivity contribution in [3.05, 3.63) is 65.4 Å². The van der Waals surface area contributed by atoms with Crippen LogP contribution >= 0.6 is 11.6 Å². The lowest BCUT2D eigenvalue weighted by Gasteiger charge is -2.31. The third kappa shape index (κ3) is 5.20. The van der Waals surface area contributed by atoms with Gasteiger partial charge in [-0.3, -0.25) is 9.78 Å². The summed E-state index contributed by atoms with van der Waals surface area (Å²) >= 11 is 6.23. The number of pyridine rings is 1. The van der Waals surface area contributed by atoms with E-state index in [9.17, 15) is 27.2 Å². The highest BCUT2D eigenvalue weighted by atomic mass is 35.5. The molecule has 4 rings (SSSR count). The molecule has 2 heterocycles. The number of anilines is 2. The highest BCUT2D eigenvalue weighted by Gasteiger charge is 2.65. The maximum atomic E-state index is 13.4. The summed E-state index contributed by atoms with van der Waals surface area (Å²) in [6.45, 7) is 0. The van der Waals surface area contributed by atoms with Crippen LogP contribution in [0.4, 0.5) is 33.7 Å². The van der Waals surface area contributed by atoms with Crippen LogP contribution in [0.5, 0.6) is 23.0 Å². The smallest absolute Gasteiger partial charge is 0.456 e. The first-order valence-electron chi connectivity index (χ1n) is 9.99. The largest absolute Gasteiger partial charge is 0.507 e. The summed E-state index contributed by atoms with van der Waals surface area (Å²) in [4.78, 5) is 28.0. The molecule has 0 fully saturated rings. The minimum absolute atomic E-state index is 0.0356. The summed E-state index contributed by atoms with van der Waals surface area (Å²) in [7, 11) is 1.46. The Kier molecular flexibility index (Phi) is 6.50. The summed E-state index contributed by atoms with van der Waals surface area (Å²) < 4.78 is 67.0. The SMILES string of the molecule is CNC(=O)c1cc(Oc2ccc(NC(=O)Nc3ccc4c(c3)OC(F)(F)C(F)(F)O4)cc2Cl)ccn1. The molecule has 36 heavy (non-hydrogen) atoms. The highest BCUT2D eigenvalue weighted by Crippen LogP contribution is 2.47. The molecule has 3 N–H and O–H groups in total. The summed E-state index contributed by atoms with van der Waals surface area (Å²) in [5.41, 5.74) is 0.346. The lowest BCUT2D eigenvalue weighted by molar-refractivity contribution is -0.391. The fourth-order valence-corrected chi connectivity index (χ4v) is 3.17. The molecule has 0 saturated carbocycles. The van der Waals surface area contributed by atoms with Crippen molar-refractivity contribution in [2.45, 2.75) is 12.2 Å².